The van der Waals surface area contributed by atoms with Gasteiger partial charge in [0.25, 0.3) is 5.91 Å². The number of aryl methyl sites for hydroxylation is 2. The molecule has 0 bridgehead atoms. The Morgan fingerprint density at radius 2 is 2.14 bits per heavy atom. The van der Waals surface area contributed by atoms with Gasteiger partial charge in [-0.25, -0.2) is 4.98 Å². The fraction of sp³-hybridized carbons (Fsp3) is 0.250. The van der Waals surface area contributed by atoms with Crippen molar-refractivity contribution in [1.82, 2.24) is 19.9 Å². The van der Waals surface area contributed by atoms with Crippen LogP contribution in [0.3, 0.4) is 0 Å². The summed E-state index contributed by atoms with van der Waals surface area (Å²) in [5, 5.41) is 4.04. The van der Waals surface area contributed by atoms with Gasteiger partial charge in [-0.15, -0.1) is 0 Å². The number of carbonyl (C=O) groups is 1. The molecule has 2 N–H and O–H groups in total. The van der Waals surface area contributed by atoms with Gasteiger partial charge in [0.1, 0.15) is 11.5 Å². The van der Waals surface area contributed by atoms with Crippen LogP contribution < -0.4 is 5.32 Å². The van der Waals surface area contributed by atoms with E-state index in [0.29, 0.717) is 5.69 Å². The summed E-state index contributed by atoms with van der Waals surface area (Å²) in [7, 11) is 1.90. The van der Waals surface area contributed by atoms with Crippen molar-refractivity contribution in [1.29, 1.82) is 0 Å². The molecule has 1 amide bonds. The smallest absolute Gasteiger partial charge is 0.268 e. The fourth-order valence-corrected chi connectivity index (χ4v) is 2.50. The van der Waals surface area contributed by atoms with E-state index in [4.69, 9.17) is 0 Å². The molecule has 0 fully saturated rings. The van der Waals surface area contributed by atoms with Crippen molar-refractivity contribution in [2.75, 3.05) is 0 Å². The van der Waals surface area contributed by atoms with E-state index in [1.54, 1.807) is 6.20 Å². The predicted octanol–water partition coefficient (Wildman–Crippen LogP) is 2.70. The zero-order valence-electron chi connectivity index (χ0n) is 12.3. The highest BCUT2D eigenvalue weighted by molar-refractivity contribution is 5.98. The second-order valence-corrected chi connectivity index (χ2v) is 5.29. The van der Waals surface area contributed by atoms with Crippen LogP contribution in [-0.4, -0.2) is 20.4 Å². The number of hydrogen-bond acceptors (Lipinski definition) is 2. The lowest BCUT2D eigenvalue weighted by Gasteiger charge is -2.12. The maximum atomic E-state index is 12.5. The molecule has 0 aliphatic rings. The van der Waals surface area contributed by atoms with E-state index in [2.05, 4.69) is 15.3 Å². The minimum Gasteiger partial charge on any atom is -0.344 e. The SMILES string of the molecule is Cc1cnc([C@@H](C)NC(=O)c2cc3ccccc3n2C)[nH]1. The Balaban J connectivity index is 1.85. The van der Waals surface area contributed by atoms with Gasteiger partial charge in [0, 0.05) is 29.8 Å². The molecule has 2 aromatic heterocycles. The Bertz CT molecular complexity index is 800. The number of aromatic amines is 1. The predicted molar refractivity (Wildman–Crippen MR) is 82.1 cm³/mol. The van der Waals surface area contributed by atoms with Crippen molar-refractivity contribution in [3.8, 4) is 0 Å². The van der Waals surface area contributed by atoms with Crippen molar-refractivity contribution < 1.29 is 4.79 Å². The molecule has 0 radical (unpaired) electrons. The maximum absolute atomic E-state index is 12.5. The Hall–Kier alpha value is -2.56. The molecule has 0 spiro atoms. The zero-order chi connectivity index (χ0) is 15.0. The first-order valence-corrected chi connectivity index (χ1v) is 6.93. The summed E-state index contributed by atoms with van der Waals surface area (Å²) < 4.78 is 1.91. The van der Waals surface area contributed by atoms with Crippen LogP contribution in [-0.2, 0) is 7.05 Å². The Kier molecular flexibility index (Phi) is 3.25. The molecule has 0 saturated heterocycles. The molecule has 3 aromatic rings. The van der Waals surface area contributed by atoms with E-state index in [0.717, 1.165) is 22.4 Å². The lowest BCUT2D eigenvalue weighted by molar-refractivity contribution is 0.0930. The summed E-state index contributed by atoms with van der Waals surface area (Å²) in [6.45, 7) is 3.85. The molecule has 21 heavy (non-hydrogen) atoms. The largest absolute Gasteiger partial charge is 0.344 e. The van der Waals surface area contributed by atoms with Crippen molar-refractivity contribution >= 4 is 16.8 Å². The summed E-state index contributed by atoms with van der Waals surface area (Å²) >= 11 is 0. The zero-order valence-corrected chi connectivity index (χ0v) is 12.3. The molecule has 108 valence electrons. The number of fused-ring (bicyclic) bond motifs is 1. The van der Waals surface area contributed by atoms with Gasteiger partial charge in [0.2, 0.25) is 0 Å². The highest BCUT2D eigenvalue weighted by Gasteiger charge is 2.17. The van der Waals surface area contributed by atoms with Gasteiger partial charge in [0.15, 0.2) is 0 Å². The molecular weight excluding hydrogens is 264 g/mol. The van der Waals surface area contributed by atoms with Gasteiger partial charge in [-0.05, 0) is 26.0 Å². The van der Waals surface area contributed by atoms with Crippen LogP contribution in [0.2, 0.25) is 0 Å². The molecule has 0 saturated carbocycles. The lowest BCUT2D eigenvalue weighted by Crippen LogP contribution is -2.28. The highest BCUT2D eigenvalue weighted by atomic mass is 16.2. The summed E-state index contributed by atoms with van der Waals surface area (Å²) in [5.74, 6) is 0.662. The van der Waals surface area contributed by atoms with Gasteiger partial charge in [-0.1, -0.05) is 18.2 Å². The number of nitrogens with one attached hydrogen (secondary N) is 2. The number of benzene rings is 1. The second kappa shape index (κ2) is 5.09. The Morgan fingerprint density at radius 1 is 1.38 bits per heavy atom. The van der Waals surface area contributed by atoms with Gasteiger partial charge in [0.05, 0.1) is 6.04 Å². The third-order valence-electron chi connectivity index (χ3n) is 3.66. The van der Waals surface area contributed by atoms with E-state index in [-0.39, 0.29) is 11.9 Å². The van der Waals surface area contributed by atoms with E-state index >= 15 is 0 Å². The Morgan fingerprint density at radius 3 is 2.81 bits per heavy atom. The summed E-state index contributed by atoms with van der Waals surface area (Å²) in [6, 6.07) is 9.70. The van der Waals surface area contributed by atoms with Crippen molar-refractivity contribution in [3.63, 3.8) is 0 Å². The van der Waals surface area contributed by atoms with Crippen LogP contribution in [0.4, 0.5) is 0 Å². The standard InChI is InChI=1S/C16H18N4O/c1-10-9-17-15(18-10)11(2)19-16(21)14-8-12-6-4-5-7-13(12)20(14)3/h4-9,11H,1-3H3,(H,17,18)(H,19,21)/t11-/m1/s1. The van der Waals surface area contributed by atoms with Gasteiger partial charge in [-0.3, -0.25) is 4.79 Å². The number of nitrogens with zero attached hydrogens (tertiary/aromatic N) is 2. The number of hydrogen-bond donors (Lipinski definition) is 2. The number of aromatic nitrogens is 3. The summed E-state index contributed by atoms with van der Waals surface area (Å²) in [5.41, 5.74) is 2.67. The van der Waals surface area contributed by atoms with Crippen molar-refractivity contribution in [2.45, 2.75) is 19.9 Å². The number of carbonyl (C=O) groups excluding carboxylic acids is 1. The molecule has 5 nitrogen and oxygen atoms in total. The summed E-state index contributed by atoms with van der Waals surface area (Å²) in [6.07, 6.45) is 1.76. The van der Waals surface area contributed by atoms with Crippen LogP contribution >= 0.6 is 0 Å². The number of amides is 1. The number of imidazole rings is 1. The van der Waals surface area contributed by atoms with E-state index in [1.807, 2.05) is 55.8 Å². The first-order valence-electron chi connectivity index (χ1n) is 6.93. The fourth-order valence-electron chi connectivity index (χ4n) is 2.50. The molecule has 2 heterocycles. The monoisotopic (exact) mass is 282 g/mol. The molecule has 1 atom stereocenters. The molecule has 5 heteroatoms. The summed E-state index contributed by atoms with van der Waals surface area (Å²) in [4.78, 5) is 19.8. The van der Waals surface area contributed by atoms with E-state index in [1.165, 1.54) is 0 Å². The molecule has 0 unspecified atom stereocenters. The van der Waals surface area contributed by atoms with Crippen molar-refractivity contribution in [2.24, 2.45) is 7.05 Å². The number of para-hydroxylation sites is 1. The quantitative estimate of drug-likeness (QED) is 0.776. The van der Waals surface area contributed by atoms with Gasteiger partial charge >= 0.3 is 0 Å². The molecule has 1 aromatic carbocycles. The minimum atomic E-state index is -0.163. The van der Waals surface area contributed by atoms with Gasteiger partial charge in [-0.2, -0.15) is 0 Å². The molecule has 0 aliphatic carbocycles. The first-order chi connectivity index (χ1) is 10.1. The average Bonchev–Trinajstić information content (AvgIpc) is 3.04. The normalized spacial score (nSPS) is 12.5. The number of rotatable bonds is 3. The molecule has 3 rings (SSSR count). The highest BCUT2D eigenvalue weighted by Crippen LogP contribution is 2.19. The van der Waals surface area contributed by atoms with Crippen LogP contribution in [0.5, 0.6) is 0 Å². The van der Waals surface area contributed by atoms with Crippen LogP contribution in [0.25, 0.3) is 10.9 Å². The van der Waals surface area contributed by atoms with Crippen LogP contribution in [0, 0.1) is 6.92 Å². The number of H-pyrrole nitrogens is 1. The van der Waals surface area contributed by atoms with E-state index in [9.17, 15) is 4.79 Å². The van der Waals surface area contributed by atoms with Crippen LogP contribution in [0.15, 0.2) is 36.5 Å². The van der Waals surface area contributed by atoms with Gasteiger partial charge < -0.3 is 14.9 Å². The molecular formula is C16H18N4O. The van der Waals surface area contributed by atoms with E-state index < -0.39 is 0 Å². The lowest BCUT2D eigenvalue weighted by atomic mass is 10.2. The second-order valence-electron chi connectivity index (χ2n) is 5.29. The van der Waals surface area contributed by atoms with Crippen molar-refractivity contribution in [3.05, 3.63) is 53.7 Å². The minimum absolute atomic E-state index is 0.102. The maximum Gasteiger partial charge on any atom is 0.268 e. The van der Waals surface area contributed by atoms with Crippen LogP contribution in [0.1, 0.15) is 35.0 Å². The molecule has 0 aliphatic heterocycles. The Labute approximate surface area is 123 Å². The topological polar surface area (TPSA) is 62.7 Å². The first kappa shape index (κ1) is 13.4. The third-order valence-corrected chi connectivity index (χ3v) is 3.66. The third kappa shape index (κ3) is 2.42. The average molecular weight is 282 g/mol.